The molecule has 0 fully saturated rings. The minimum Gasteiger partial charge on any atom is -0.478 e. The fourth-order valence-corrected chi connectivity index (χ4v) is 2.31. The molecule has 5 nitrogen and oxygen atoms in total. The maximum Gasteiger partial charge on any atom is 0.328 e. The summed E-state index contributed by atoms with van der Waals surface area (Å²) in [5, 5.41) is 11.5. The molecule has 1 amide bonds. The Morgan fingerprint density at radius 3 is 2.95 bits per heavy atom. The maximum absolute atomic E-state index is 13.0. The summed E-state index contributed by atoms with van der Waals surface area (Å²) in [7, 11) is 0. The number of anilines is 1. The fourth-order valence-electron chi connectivity index (χ4n) is 1.57. The van der Waals surface area contributed by atoms with Crippen molar-refractivity contribution in [2.75, 3.05) is 5.32 Å². The molecule has 0 bridgehead atoms. The molecule has 0 spiro atoms. The predicted octanol–water partition coefficient (Wildman–Crippen LogP) is 2.56. The molecule has 2 rings (SSSR count). The monoisotopic (exact) mass is 306 g/mol. The van der Waals surface area contributed by atoms with Crippen LogP contribution >= 0.6 is 11.3 Å². The SMILES string of the molecule is O=C(O)C=Cc1cnc(NC(=O)Cc2cccc(F)c2)s1. The third-order valence-electron chi connectivity index (χ3n) is 2.41. The molecule has 0 atom stereocenters. The van der Waals surface area contributed by atoms with Crippen LogP contribution in [0.5, 0.6) is 0 Å². The zero-order chi connectivity index (χ0) is 15.2. The third-order valence-corrected chi connectivity index (χ3v) is 3.29. The zero-order valence-electron chi connectivity index (χ0n) is 10.7. The molecule has 0 aliphatic rings. The average molecular weight is 306 g/mol. The van der Waals surface area contributed by atoms with E-state index in [1.165, 1.54) is 30.5 Å². The number of thiazole rings is 1. The molecule has 7 heteroatoms. The first-order valence-electron chi connectivity index (χ1n) is 5.94. The molecule has 1 aromatic heterocycles. The molecule has 0 saturated heterocycles. The Bertz CT molecular complexity index is 697. The van der Waals surface area contributed by atoms with E-state index in [0.717, 1.165) is 17.4 Å². The normalized spacial score (nSPS) is 10.7. The van der Waals surface area contributed by atoms with Gasteiger partial charge in [-0.3, -0.25) is 4.79 Å². The van der Waals surface area contributed by atoms with Gasteiger partial charge >= 0.3 is 5.97 Å². The van der Waals surface area contributed by atoms with Crippen LogP contribution in [0.2, 0.25) is 0 Å². The molecular weight excluding hydrogens is 295 g/mol. The minimum atomic E-state index is -1.06. The van der Waals surface area contributed by atoms with Gasteiger partial charge in [-0.05, 0) is 23.8 Å². The number of hydrogen-bond acceptors (Lipinski definition) is 4. The first-order chi connectivity index (χ1) is 10.0. The summed E-state index contributed by atoms with van der Waals surface area (Å²) in [5.41, 5.74) is 0.565. The van der Waals surface area contributed by atoms with Crippen molar-refractivity contribution in [3.05, 3.63) is 52.8 Å². The number of carbonyl (C=O) groups excluding carboxylic acids is 1. The topological polar surface area (TPSA) is 79.3 Å². The quantitative estimate of drug-likeness (QED) is 0.832. The van der Waals surface area contributed by atoms with Crippen molar-refractivity contribution in [2.24, 2.45) is 0 Å². The van der Waals surface area contributed by atoms with E-state index < -0.39 is 11.8 Å². The van der Waals surface area contributed by atoms with Crippen molar-refractivity contribution in [1.29, 1.82) is 0 Å². The summed E-state index contributed by atoms with van der Waals surface area (Å²) in [6.45, 7) is 0. The van der Waals surface area contributed by atoms with Gasteiger partial charge in [-0.15, -0.1) is 0 Å². The van der Waals surface area contributed by atoms with E-state index >= 15 is 0 Å². The molecule has 0 aliphatic heterocycles. The zero-order valence-corrected chi connectivity index (χ0v) is 11.6. The lowest BCUT2D eigenvalue weighted by Crippen LogP contribution is -2.14. The van der Waals surface area contributed by atoms with E-state index in [1.807, 2.05) is 0 Å². The molecule has 0 radical (unpaired) electrons. The van der Waals surface area contributed by atoms with Crippen LogP contribution in [0.1, 0.15) is 10.4 Å². The Kier molecular flexibility index (Phi) is 4.78. The molecular formula is C14H11FN2O3S. The number of rotatable bonds is 5. The largest absolute Gasteiger partial charge is 0.478 e. The van der Waals surface area contributed by atoms with Gasteiger partial charge in [0.2, 0.25) is 5.91 Å². The van der Waals surface area contributed by atoms with Gasteiger partial charge in [-0.25, -0.2) is 14.2 Å². The molecule has 21 heavy (non-hydrogen) atoms. The Morgan fingerprint density at radius 2 is 2.24 bits per heavy atom. The molecule has 2 aromatic rings. The van der Waals surface area contributed by atoms with Gasteiger partial charge in [0.25, 0.3) is 0 Å². The third kappa shape index (κ3) is 4.81. The van der Waals surface area contributed by atoms with Crippen LogP contribution in [-0.4, -0.2) is 22.0 Å². The number of aromatic nitrogens is 1. The van der Waals surface area contributed by atoms with Crippen molar-refractivity contribution >= 4 is 34.4 Å². The van der Waals surface area contributed by atoms with Gasteiger partial charge in [0.05, 0.1) is 6.42 Å². The highest BCUT2D eigenvalue weighted by Crippen LogP contribution is 2.19. The number of nitrogens with zero attached hydrogens (tertiary/aromatic N) is 1. The van der Waals surface area contributed by atoms with Gasteiger partial charge in [-0.2, -0.15) is 0 Å². The number of nitrogens with one attached hydrogen (secondary N) is 1. The second-order valence-electron chi connectivity index (χ2n) is 4.09. The number of carbonyl (C=O) groups is 2. The van der Waals surface area contributed by atoms with Crippen molar-refractivity contribution in [2.45, 2.75) is 6.42 Å². The van der Waals surface area contributed by atoms with E-state index in [4.69, 9.17) is 5.11 Å². The number of carboxylic acids is 1. The van der Waals surface area contributed by atoms with Crippen LogP contribution in [0.25, 0.3) is 6.08 Å². The molecule has 0 saturated carbocycles. The van der Waals surface area contributed by atoms with Crippen molar-refractivity contribution in [1.82, 2.24) is 4.98 Å². The number of aliphatic carboxylic acids is 1. The van der Waals surface area contributed by atoms with Crippen LogP contribution in [0.15, 0.2) is 36.5 Å². The second kappa shape index (κ2) is 6.76. The Labute approximate surface area is 123 Å². The highest BCUT2D eigenvalue weighted by Gasteiger charge is 2.07. The van der Waals surface area contributed by atoms with E-state index in [0.29, 0.717) is 15.6 Å². The van der Waals surface area contributed by atoms with Crippen molar-refractivity contribution < 1.29 is 19.1 Å². The predicted molar refractivity (Wildman–Crippen MR) is 77.5 cm³/mol. The summed E-state index contributed by atoms with van der Waals surface area (Å²) in [6, 6.07) is 5.80. The van der Waals surface area contributed by atoms with E-state index in [1.54, 1.807) is 6.07 Å². The summed E-state index contributed by atoms with van der Waals surface area (Å²) in [4.78, 5) is 26.7. The van der Waals surface area contributed by atoms with Crippen LogP contribution < -0.4 is 5.32 Å². The maximum atomic E-state index is 13.0. The fraction of sp³-hybridized carbons (Fsp3) is 0.0714. The highest BCUT2D eigenvalue weighted by atomic mass is 32.1. The summed E-state index contributed by atoms with van der Waals surface area (Å²) in [5.74, 6) is -1.76. The molecule has 1 heterocycles. The number of amides is 1. The molecule has 0 aliphatic carbocycles. The minimum absolute atomic E-state index is 0.0393. The highest BCUT2D eigenvalue weighted by molar-refractivity contribution is 7.16. The van der Waals surface area contributed by atoms with E-state index in [-0.39, 0.29) is 12.3 Å². The molecule has 1 aromatic carbocycles. The number of benzene rings is 1. The van der Waals surface area contributed by atoms with Crippen LogP contribution in [0.3, 0.4) is 0 Å². The number of hydrogen-bond donors (Lipinski definition) is 2. The van der Waals surface area contributed by atoms with Gasteiger partial charge in [0.15, 0.2) is 5.13 Å². The van der Waals surface area contributed by atoms with Crippen molar-refractivity contribution in [3.63, 3.8) is 0 Å². The smallest absolute Gasteiger partial charge is 0.328 e. The average Bonchev–Trinajstić information content (AvgIpc) is 2.83. The lowest BCUT2D eigenvalue weighted by atomic mass is 10.1. The van der Waals surface area contributed by atoms with Gasteiger partial charge in [0, 0.05) is 17.2 Å². The van der Waals surface area contributed by atoms with Crippen LogP contribution in [-0.2, 0) is 16.0 Å². The first-order valence-corrected chi connectivity index (χ1v) is 6.76. The first kappa shape index (κ1) is 14.9. The Hall–Kier alpha value is -2.54. The lowest BCUT2D eigenvalue weighted by molar-refractivity contribution is -0.131. The molecule has 0 unspecified atom stereocenters. The van der Waals surface area contributed by atoms with Crippen LogP contribution in [0, 0.1) is 5.82 Å². The number of carboxylic acid groups (broad SMARTS) is 1. The van der Waals surface area contributed by atoms with Crippen LogP contribution in [0.4, 0.5) is 9.52 Å². The van der Waals surface area contributed by atoms with Gasteiger partial charge in [-0.1, -0.05) is 23.5 Å². The summed E-state index contributed by atoms with van der Waals surface area (Å²) in [6.07, 6.45) is 3.88. The van der Waals surface area contributed by atoms with Gasteiger partial charge in [0.1, 0.15) is 5.82 Å². The molecule has 108 valence electrons. The second-order valence-corrected chi connectivity index (χ2v) is 5.16. The van der Waals surface area contributed by atoms with E-state index in [2.05, 4.69) is 10.3 Å². The summed E-state index contributed by atoms with van der Waals surface area (Å²) < 4.78 is 13.0. The standard InChI is InChI=1S/C14H11FN2O3S/c15-10-3-1-2-9(6-10)7-12(18)17-14-16-8-11(21-14)4-5-13(19)20/h1-6,8H,7H2,(H,19,20)(H,16,17,18). The Morgan fingerprint density at radius 1 is 1.43 bits per heavy atom. The Balaban J connectivity index is 1.95. The molecule has 2 N–H and O–H groups in total. The van der Waals surface area contributed by atoms with Crippen molar-refractivity contribution in [3.8, 4) is 0 Å². The van der Waals surface area contributed by atoms with E-state index in [9.17, 15) is 14.0 Å². The number of halogens is 1. The van der Waals surface area contributed by atoms with Gasteiger partial charge < -0.3 is 10.4 Å². The summed E-state index contributed by atoms with van der Waals surface area (Å²) >= 11 is 1.15. The lowest BCUT2D eigenvalue weighted by Gasteiger charge is -2.01.